The molecule has 1 fully saturated rings. The molecule has 23 nitrogen and oxygen atoms in total. The van der Waals surface area contributed by atoms with Crippen LogP contribution in [0.2, 0.25) is 0 Å². The number of unbranched alkanes of at least 4 members (excludes halogenated alkanes) is 1. The SMILES string of the molecule is CCCCc1c2c(nc3cc4c(cc13)OCO4)-c1cc3c(c(=O)n1C2)COC(=O)[C@@]3(CC)OCN(CCS(C)(=O)=O)C(=O)OCc1ccc(OC2O[C@H](C(=O)O)[C@@H](O)[C@H](O)[C@H]2O)c(NC(=O)CNC)c1. The van der Waals surface area contributed by atoms with Crippen LogP contribution >= 0.6 is 0 Å². The number of amides is 2. The maximum Gasteiger partial charge on any atom is 0.411 e. The number of likely N-dealkylation sites (N-methyl/N-ethyl adjacent to an activating group) is 1. The van der Waals surface area contributed by atoms with E-state index in [4.69, 9.17) is 38.1 Å². The lowest BCUT2D eigenvalue weighted by Gasteiger charge is -2.38. The lowest BCUT2D eigenvalue weighted by atomic mass is 9.85. The lowest BCUT2D eigenvalue weighted by molar-refractivity contribution is -0.271. The molecule has 0 aliphatic carbocycles. The first-order valence-electron chi connectivity index (χ1n) is 22.5. The van der Waals surface area contributed by atoms with Gasteiger partial charge in [-0.15, -0.1) is 0 Å². The van der Waals surface area contributed by atoms with Crippen LogP contribution in [0.3, 0.4) is 0 Å². The van der Waals surface area contributed by atoms with Gasteiger partial charge in [-0.1, -0.05) is 26.3 Å². The van der Waals surface area contributed by atoms with E-state index >= 15 is 0 Å². The van der Waals surface area contributed by atoms with Gasteiger partial charge >= 0.3 is 18.0 Å². The Balaban J connectivity index is 1.07. The van der Waals surface area contributed by atoms with Crippen molar-refractivity contribution < 1.29 is 81.2 Å². The van der Waals surface area contributed by atoms with Gasteiger partial charge in [-0.05, 0) is 61.7 Å². The summed E-state index contributed by atoms with van der Waals surface area (Å²) in [6.45, 7) is 1.85. The van der Waals surface area contributed by atoms with Gasteiger partial charge in [-0.2, -0.15) is 0 Å². The number of sulfone groups is 1. The number of carboxylic acid groups (broad SMARTS) is 1. The minimum atomic E-state index is -3.68. The highest BCUT2D eigenvalue weighted by Crippen LogP contribution is 2.44. The highest BCUT2D eigenvalue weighted by Gasteiger charge is 2.50. The normalized spacial score (nSPS) is 22.2. The summed E-state index contributed by atoms with van der Waals surface area (Å²) in [6.07, 6.45) is -7.37. The predicted octanol–water partition coefficient (Wildman–Crippen LogP) is 1.25. The first kappa shape index (κ1) is 50.0. The van der Waals surface area contributed by atoms with E-state index in [2.05, 4.69) is 17.6 Å². The molecule has 1 saturated heterocycles. The van der Waals surface area contributed by atoms with E-state index < -0.39 is 101 Å². The number of anilines is 1. The Hall–Kier alpha value is -6.41. The summed E-state index contributed by atoms with van der Waals surface area (Å²) in [7, 11) is -2.17. The van der Waals surface area contributed by atoms with Crippen LogP contribution < -0.4 is 30.4 Å². The van der Waals surface area contributed by atoms with Crippen molar-refractivity contribution >= 4 is 50.4 Å². The standard InChI is InChI=1S/C46H53N5O18S/c1-5-7-8-24-25-14-33-34(66-22-65-33)16-29(25)49-36-26(24)18-51-31(36)15-28-27(41(51)56)20-63-44(59)46(28,6-2)67-21-50(11-12-70(4,61)62)45(60)64-19-23-9-10-32(30(13-23)48-35(52)17-47-3)68-43-39(55)37(53)38(54)40(69-43)42(57)58/h9-10,13-16,37-40,43,47,53-55H,5-8,11-12,17-22H2,1-4H3,(H,48,52)(H,57,58)/t37-,38-,39+,40-,43?,46-/m0/s1. The van der Waals surface area contributed by atoms with Gasteiger partial charge in [0.05, 0.1) is 47.0 Å². The molecule has 2 aromatic heterocycles. The number of aliphatic hydroxyl groups excluding tert-OH is 3. The molecule has 6 N–H and O–H groups in total. The third-order valence-electron chi connectivity index (χ3n) is 12.6. The molecule has 0 radical (unpaired) electrons. The fourth-order valence-corrected chi connectivity index (χ4v) is 9.38. The third-order valence-corrected chi connectivity index (χ3v) is 13.5. The molecule has 0 saturated carbocycles. The molecule has 4 aliphatic heterocycles. The Morgan fingerprint density at radius 1 is 1.00 bits per heavy atom. The van der Waals surface area contributed by atoms with E-state index in [0.29, 0.717) is 34.8 Å². The summed E-state index contributed by atoms with van der Waals surface area (Å²) in [6, 6.07) is 9.40. The molecule has 0 spiro atoms. The number of carbonyl (C=O) groups is 4. The Labute approximate surface area is 400 Å². The number of rotatable bonds is 18. The number of aliphatic carboxylic acids is 1. The zero-order valence-corrected chi connectivity index (χ0v) is 39.4. The van der Waals surface area contributed by atoms with E-state index in [9.17, 15) is 52.8 Å². The van der Waals surface area contributed by atoms with Crippen molar-refractivity contribution in [2.45, 2.75) is 95.6 Å². The number of fused-ring (bicyclic) bond motifs is 6. The summed E-state index contributed by atoms with van der Waals surface area (Å²) in [5.41, 5.74) is 1.67. The number of ether oxygens (including phenoxy) is 7. The molecule has 0 bridgehead atoms. The number of nitrogens with zero attached hydrogens (tertiary/aromatic N) is 3. The van der Waals surface area contributed by atoms with Gasteiger partial charge in [0.1, 0.15) is 53.8 Å². The third kappa shape index (κ3) is 9.71. The molecule has 70 heavy (non-hydrogen) atoms. The zero-order valence-electron chi connectivity index (χ0n) is 38.6. The first-order valence-corrected chi connectivity index (χ1v) is 24.5. The van der Waals surface area contributed by atoms with E-state index in [0.717, 1.165) is 40.5 Å². The van der Waals surface area contributed by atoms with Crippen LogP contribution in [0, 0.1) is 0 Å². The minimum Gasteiger partial charge on any atom is -0.479 e. The highest BCUT2D eigenvalue weighted by molar-refractivity contribution is 7.90. The van der Waals surface area contributed by atoms with Crippen molar-refractivity contribution in [1.82, 2.24) is 19.8 Å². The second-order valence-corrected chi connectivity index (χ2v) is 19.6. The number of esters is 1. The Bertz CT molecular complexity index is 2910. The number of benzene rings is 2. The molecule has 6 atom stereocenters. The van der Waals surface area contributed by atoms with Crippen molar-refractivity contribution in [2.75, 3.05) is 51.0 Å². The molecule has 2 aromatic carbocycles. The number of hydrogen-bond acceptors (Lipinski definition) is 19. The summed E-state index contributed by atoms with van der Waals surface area (Å²) < 4.78 is 66.3. The second-order valence-electron chi connectivity index (χ2n) is 17.3. The number of hydrogen-bond donors (Lipinski definition) is 6. The summed E-state index contributed by atoms with van der Waals surface area (Å²) in [5, 5.41) is 46.6. The zero-order chi connectivity index (χ0) is 50.2. The molecule has 2 amide bonds. The first-order chi connectivity index (χ1) is 33.4. The number of cyclic esters (lactones) is 1. The molecular weight excluding hydrogens is 943 g/mol. The van der Waals surface area contributed by atoms with Gasteiger partial charge in [0.25, 0.3) is 5.56 Å². The molecule has 6 heterocycles. The number of nitrogens with one attached hydrogen (secondary N) is 2. The van der Waals surface area contributed by atoms with Gasteiger partial charge in [0.2, 0.25) is 19.0 Å². The van der Waals surface area contributed by atoms with E-state index in [1.165, 1.54) is 25.2 Å². The minimum absolute atomic E-state index is 0.0635. The number of carboxylic acids is 1. The number of aromatic nitrogens is 2. The smallest absolute Gasteiger partial charge is 0.411 e. The number of pyridine rings is 2. The summed E-state index contributed by atoms with van der Waals surface area (Å²) in [4.78, 5) is 72.7. The highest BCUT2D eigenvalue weighted by atomic mass is 32.2. The second kappa shape index (κ2) is 20.1. The average Bonchev–Trinajstić information content (AvgIpc) is 3.94. The molecule has 24 heteroatoms. The van der Waals surface area contributed by atoms with Crippen molar-refractivity contribution in [2.24, 2.45) is 0 Å². The fraction of sp³-hybridized carbons (Fsp3) is 0.478. The number of aryl methyl sites for hydroxylation is 1. The van der Waals surface area contributed by atoms with Crippen molar-refractivity contribution in [1.29, 1.82) is 0 Å². The van der Waals surface area contributed by atoms with E-state index in [1.54, 1.807) is 23.6 Å². The van der Waals surface area contributed by atoms with Crippen LogP contribution in [0.5, 0.6) is 17.2 Å². The Morgan fingerprint density at radius 2 is 1.76 bits per heavy atom. The summed E-state index contributed by atoms with van der Waals surface area (Å²) >= 11 is 0. The van der Waals surface area contributed by atoms with Crippen molar-refractivity contribution in [3.05, 3.63) is 74.6 Å². The van der Waals surface area contributed by atoms with E-state index in [-0.39, 0.29) is 61.0 Å². The van der Waals surface area contributed by atoms with Crippen molar-refractivity contribution in [3.63, 3.8) is 0 Å². The average molecular weight is 996 g/mol. The van der Waals surface area contributed by atoms with Crippen LogP contribution in [0.25, 0.3) is 22.3 Å². The van der Waals surface area contributed by atoms with Crippen LogP contribution in [-0.4, -0.2) is 144 Å². The quantitative estimate of drug-likeness (QED) is 0.0531. The largest absolute Gasteiger partial charge is 0.479 e. The lowest BCUT2D eigenvalue weighted by Crippen LogP contribution is -2.61. The Morgan fingerprint density at radius 3 is 2.46 bits per heavy atom. The van der Waals surface area contributed by atoms with E-state index in [1.807, 2.05) is 6.07 Å². The molecule has 4 aliphatic rings. The van der Waals surface area contributed by atoms with Crippen LogP contribution in [0.15, 0.2) is 41.2 Å². The monoisotopic (exact) mass is 995 g/mol. The maximum absolute atomic E-state index is 14.5. The topological polar surface area (TPSA) is 310 Å². The molecule has 1 unspecified atom stereocenters. The molecule has 4 aromatic rings. The van der Waals surface area contributed by atoms with Crippen LogP contribution in [0.1, 0.15) is 60.9 Å². The number of aliphatic hydroxyl groups is 3. The van der Waals surface area contributed by atoms with Gasteiger partial charge in [-0.25, -0.2) is 27.8 Å². The number of carbonyl (C=O) groups excluding carboxylic acids is 3. The molecular formula is C46H53N5O18S. The van der Waals surface area contributed by atoms with Gasteiger partial charge in [0, 0.05) is 35.4 Å². The Kier molecular flexibility index (Phi) is 14.4. The predicted molar refractivity (Wildman–Crippen MR) is 244 cm³/mol. The molecule has 376 valence electrons. The van der Waals surface area contributed by atoms with Crippen molar-refractivity contribution in [3.8, 4) is 28.6 Å². The van der Waals surface area contributed by atoms with Gasteiger partial charge in [-0.3, -0.25) is 14.5 Å². The van der Waals surface area contributed by atoms with Gasteiger partial charge in [0.15, 0.2) is 23.2 Å². The molecule has 8 rings (SSSR count). The fourth-order valence-electron chi connectivity index (χ4n) is 8.82. The maximum atomic E-state index is 14.5. The van der Waals surface area contributed by atoms with Crippen LogP contribution in [-0.2, 0) is 74.9 Å². The van der Waals surface area contributed by atoms with Gasteiger partial charge < -0.3 is 68.8 Å². The summed E-state index contributed by atoms with van der Waals surface area (Å²) in [5.74, 6) is -2.62. The van der Waals surface area contributed by atoms with Crippen LogP contribution in [0.4, 0.5) is 10.5 Å².